The molecule has 0 saturated heterocycles. The van der Waals surface area contributed by atoms with Gasteiger partial charge in [-0.2, -0.15) is 0 Å². The summed E-state index contributed by atoms with van der Waals surface area (Å²) in [6.07, 6.45) is 1.56. The van der Waals surface area contributed by atoms with Crippen LogP contribution in [-0.2, 0) is 4.79 Å². The minimum atomic E-state index is -1.07. The molecule has 0 radical (unpaired) electrons. The Morgan fingerprint density at radius 1 is 1.19 bits per heavy atom. The van der Waals surface area contributed by atoms with Gasteiger partial charge in [0.1, 0.15) is 12.4 Å². The molecule has 0 spiro atoms. The number of nitrogens with one attached hydrogen (secondary N) is 1. The van der Waals surface area contributed by atoms with Gasteiger partial charge in [-0.1, -0.05) is 18.2 Å². The van der Waals surface area contributed by atoms with Crippen molar-refractivity contribution in [3.05, 3.63) is 65.0 Å². The van der Waals surface area contributed by atoms with Crippen LogP contribution in [0.4, 0.5) is 10.1 Å². The Balaban J connectivity index is 1.83. The lowest BCUT2D eigenvalue weighted by molar-refractivity contribution is -0.137. The summed E-state index contributed by atoms with van der Waals surface area (Å²) in [4.78, 5) is 37.4. The van der Waals surface area contributed by atoms with Crippen molar-refractivity contribution >= 4 is 23.5 Å². The van der Waals surface area contributed by atoms with Crippen LogP contribution in [0, 0.1) is 12.7 Å². The second kappa shape index (κ2) is 7.57. The van der Waals surface area contributed by atoms with E-state index < -0.39 is 23.6 Å². The van der Waals surface area contributed by atoms with Gasteiger partial charge in [0.05, 0.1) is 5.56 Å². The van der Waals surface area contributed by atoms with Gasteiger partial charge >= 0.3 is 5.97 Å². The third-order valence-electron chi connectivity index (χ3n) is 4.41. The maximum Gasteiger partial charge on any atom is 0.323 e. The zero-order chi connectivity index (χ0) is 19.6. The van der Waals surface area contributed by atoms with Gasteiger partial charge in [-0.3, -0.25) is 14.4 Å². The Morgan fingerprint density at radius 2 is 1.89 bits per heavy atom. The molecule has 3 rings (SSSR count). The highest BCUT2D eigenvalue weighted by Gasteiger charge is 2.34. The molecule has 140 valence electrons. The molecule has 1 aliphatic carbocycles. The molecule has 0 bridgehead atoms. The zero-order valence-corrected chi connectivity index (χ0v) is 14.7. The highest BCUT2D eigenvalue weighted by Crippen LogP contribution is 2.29. The van der Waals surface area contributed by atoms with Gasteiger partial charge in [-0.05, 0) is 49.6 Å². The van der Waals surface area contributed by atoms with Crippen molar-refractivity contribution < 1.29 is 23.9 Å². The number of hydrogen-bond donors (Lipinski definition) is 2. The average molecular weight is 370 g/mol. The van der Waals surface area contributed by atoms with Gasteiger partial charge in [0, 0.05) is 17.3 Å². The lowest BCUT2D eigenvalue weighted by atomic mass is 10.1. The maximum absolute atomic E-state index is 13.8. The first-order chi connectivity index (χ1) is 12.9. The molecule has 1 aliphatic rings. The normalized spacial score (nSPS) is 13.1. The topological polar surface area (TPSA) is 86.7 Å². The quantitative estimate of drug-likeness (QED) is 0.818. The minimum absolute atomic E-state index is 0.0636. The maximum atomic E-state index is 13.8. The number of aliphatic carboxylic acids is 1. The predicted molar refractivity (Wildman–Crippen MR) is 97.2 cm³/mol. The van der Waals surface area contributed by atoms with E-state index in [1.807, 2.05) is 0 Å². The number of carbonyl (C=O) groups excluding carboxylic acids is 2. The van der Waals surface area contributed by atoms with E-state index >= 15 is 0 Å². The second-order valence-corrected chi connectivity index (χ2v) is 6.52. The number of halogens is 1. The third kappa shape index (κ3) is 4.31. The fourth-order valence-electron chi connectivity index (χ4n) is 2.79. The number of aryl methyl sites for hydroxylation is 1. The standard InChI is InChI=1S/C20H19FN2O4/c1-12-6-7-13(20(27)23(11-18(24)25)14-8-9-14)10-17(12)22-19(26)15-4-2-3-5-16(15)21/h2-7,10,14H,8-9,11H2,1H3,(H,22,26)(H,24,25). The van der Waals surface area contributed by atoms with E-state index in [0.29, 0.717) is 11.3 Å². The largest absolute Gasteiger partial charge is 0.480 e. The van der Waals surface area contributed by atoms with Gasteiger partial charge in [-0.25, -0.2) is 4.39 Å². The van der Waals surface area contributed by atoms with Crippen molar-refractivity contribution in [1.29, 1.82) is 0 Å². The van der Waals surface area contributed by atoms with Crippen LogP contribution in [0.25, 0.3) is 0 Å². The Bertz CT molecular complexity index is 909. The molecule has 1 saturated carbocycles. The molecule has 0 aromatic heterocycles. The molecule has 7 heteroatoms. The molecule has 0 atom stereocenters. The number of amides is 2. The molecule has 0 heterocycles. The van der Waals surface area contributed by atoms with E-state index in [1.165, 1.54) is 29.2 Å². The van der Waals surface area contributed by atoms with Crippen molar-refractivity contribution in [2.75, 3.05) is 11.9 Å². The van der Waals surface area contributed by atoms with Crippen molar-refractivity contribution in [3.8, 4) is 0 Å². The fourth-order valence-corrected chi connectivity index (χ4v) is 2.79. The van der Waals surface area contributed by atoms with Crippen LogP contribution in [0.15, 0.2) is 42.5 Å². The van der Waals surface area contributed by atoms with Gasteiger partial charge in [-0.15, -0.1) is 0 Å². The van der Waals surface area contributed by atoms with Gasteiger partial charge in [0.15, 0.2) is 0 Å². The molecule has 27 heavy (non-hydrogen) atoms. The third-order valence-corrected chi connectivity index (χ3v) is 4.41. The number of anilines is 1. The molecule has 2 N–H and O–H groups in total. The van der Waals surface area contributed by atoms with E-state index in [4.69, 9.17) is 5.11 Å². The number of carboxylic acid groups (broad SMARTS) is 1. The predicted octanol–water partition coefficient (Wildman–Crippen LogP) is 3.08. The van der Waals surface area contributed by atoms with E-state index in [1.54, 1.807) is 25.1 Å². The highest BCUT2D eigenvalue weighted by atomic mass is 19.1. The van der Waals surface area contributed by atoms with Crippen LogP contribution in [0.1, 0.15) is 39.1 Å². The number of benzene rings is 2. The fraction of sp³-hybridized carbons (Fsp3) is 0.250. The van der Waals surface area contributed by atoms with Crippen LogP contribution in [0.3, 0.4) is 0 Å². The minimum Gasteiger partial charge on any atom is -0.480 e. The molecular weight excluding hydrogens is 351 g/mol. The van der Waals surface area contributed by atoms with Crippen molar-refractivity contribution in [2.45, 2.75) is 25.8 Å². The SMILES string of the molecule is Cc1ccc(C(=O)N(CC(=O)O)C2CC2)cc1NC(=O)c1ccccc1F. The molecule has 0 unspecified atom stereocenters. The summed E-state index contributed by atoms with van der Waals surface area (Å²) in [7, 11) is 0. The van der Waals surface area contributed by atoms with Crippen LogP contribution in [-0.4, -0.2) is 40.4 Å². The number of carbonyl (C=O) groups is 3. The first-order valence-electron chi connectivity index (χ1n) is 8.56. The Morgan fingerprint density at radius 3 is 2.52 bits per heavy atom. The molecule has 0 aliphatic heterocycles. The smallest absolute Gasteiger partial charge is 0.323 e. The lowest BCUT2D eigenvalue weighted by Crippen LogP contribution is -2.37. The number of hydrogen-bond acceptors (Lipinski definition) is 3. The number of rotatable bonds is 6. The summed E-state index contributed by atoms with van der Waals surface area (Å²) in [5.41, 5.74) is 1.25. The van der Waals surface area contributed by atoms with Gasteiger partial charge in [0.25, 0.3) is 11.8 Å². The van der Waals surface area contributed by atoms with Crippen LogP contribution in [0.5, 0.6) is 0 Å². The Labute approximate surface area is 155 Å². The van der Waals surface area contributed by atoms with Crippen LogP contribution < -0.4 is 5.32 Å². The number of carboxylic acids is 1. The molecule has 2 aromatic rings. The lowest BCUT2D eigenvalue weighted by Gasteiger charge is -2.21. The summed E-state index contributed by atoms with van der Waals surface area (Å²) in [5, 5.41) is 11.7. The van der Waals surface area contributed by atoms with E-state index in [0.717, 1.165) is 12.8 Å². The molecule has 6 nitrogen and oxygen atoms in total. The molecular formula is C20H19FN2O4. The van der Waals surface area contributed by atoms with Crippen LogP contribution in [0.2, 0.25) is 0 Å². The molecule has 2 amide bonds. The Hall–Kier alpha value is -3.22. The van der Waals surface area contributed by atoms with Crippen LogP contribution >= 0.6 is 0 Å². The molecule has 1 fully saturated rings. The number of nitrogens with zero attached hydrogens (tertiary/aromatic N) is 1. The monoisotopic (exact) mass is 370 g/mol. The first-order valence-corrected chi connectivity index (χ1v) is 8.56. The summed E-state index contributed by atoms with van der Waals surface area (Å²) in [6, 6.07) is 10.3. The summed E-state index contributed by atoms with van der Waals surface area (Å²) >= 11 is 0. The van der Waals surface area contributed by atoms with Crippen molar-refractivity contribution in [2.24, 2.45) is 0 Å². The summed E-state index contributed by atoms with van der Waals surface area (Å²) in [6.45, 7) is 1.38. The first kappa shape index (κ1) is 18.6. The van der Waals surface area contributed by atoms with E-state index in [9.17, 15) is 18.8 Å². The summed E-state index contributed by atoms with van der Waals surface area (Å²) in [5.74, 6) is -2.73. The zero-order valence-electron chi connectivity index (χ0n) is 14.7. The van der Waals surface area contributed by atoms with Crippen molar-refractivity contribution in [1.82, 2.24) is 4.90 Å². The van der Waals surface area contributed by atoms with E-state index in [2.05, 4.69) is 5.32 Å². The van der Waals surface area contributed by atoms with Gasteiger partial charge in [0.2, 0.25) is 0 Å². The van der Waals surface area contributed by atoms with Gasteiger partial charge < -0.3 is 15.3 Å². The Kier molecular flexibility index (Phi) is 5.21. The summed E-state index contributed by atoms with van der Waals surface area (Å²) < 4.78 is 13.8. The second-order valence-electron chi connectivity index (χ2n) is 6.52. The highest BCUT2D eigenvalue weighted by molar-refractivity contribution is 6.06. The average Bonchev–Trinajstić information content (AvgIpc) is 3.46. The van der Waals surface area contributed by atoms with E-state index in [-0.39, 0.29) is 23.7 Å². The molecule has 2 aromatic carbocycles. The van der Waals surface area contributed by atoms with Crippen molar-refractivity contribution in [3.63, 3.8) is 0 Å².